The monoisotopic (exact) mass is 376 g/mol. The van der Waals surface area contributed by atoms with Crippen molar-refractivity contribution >= 4 is 28.3 Å². The van der Waals surface area contributed by atoms with Gasteiger partial charge in [0.15, 0.2) is 0 Å². The second-order valence-corrected chi connectivity index (χ2v) is 6.65. The summed E-state index contributed by atoms with van der Waals surface area (Å²) >= 11 is 0. The summed E-state index contributed by atoms with van der Waals surface area (Å²) in [7, 11) is 3.25. The van der Waals surface area contributed by atoms with E-state index in [2.05, 4.69) is 5.32 Å². The van der Waals surface area contributed by atoms with Crippen LogP contribution in [0.1, 0.15) is 22.8 Å². The normalized spacial score (nSPS) is 10.5. The van der Waals surface area contributed by atoms with E-state index in [1.165, 1.54) is 4.90 Å². The summed E-state index contributed by atoms with van der Waals surface area (Å²) in [6, 6.07) is 18.9. The third-order valence-corrected chi connectivity index (χ3v) is 4.69. The number of benzene rings is 3. The van der Waals surface area contributed by atoms with E-state index in [4.69, 9.17) is 4.74 Å². The van der Waals surface area contributed by atoms with Crippen molar-refractivity contribution in [3.05, 3.63) is 71.8 Å². The number of aryl methyl sites for hydroxylation is 1. The van der Waals surface area contributed by atoms with Gasteiger partial charge in [-0.1, -0.05) is 37.3 Å². The van der Waals surface area contributed by atoms with Gasteiger partial charge in [0.25, 0.3) is 5.91 Å². The fraction of sp³-hybridized carbons (Fsp3) is 0.217. The Hall–Kier alpha value is -3.34. The SMILES string of the molecule is CCc1ccccc1NC(=O)CN(C)C(=O)c1ccc2cc(OC)ccc2c1. The van der Waals surface area contributed by atoms with E-state index in [1.54, 1.807) is 20.2 Å². The van der Waals surface area contributed by atoms with Gasteiger partial charge in [-0.3, -0.25) is 9.59 Å². The number of carbonyl (C=O) groups excluding carboxylic acids is 2. The predicted molar refractivity (Wildman–Crippen MR) is 112 cm³/mol. The van der Waals surface area contributed by atoms with Crippen molar-refractivity contribution in [2.75, 3.05) is 26.0 Å². The van der Waals surface area contributed by atoms with Gasteiger partial charge in [-0.2, -0.15) is 0 Å². The molecule has 3 aromatic carbocycles. The second-order valence-electron chi connectivity index (χ2n) is 6.65. The maximum atomic E-state index is 12.7. The number of amides is 2. The molecule has 0 saturated heterocycles. The van der Waals surface area contributed by atoms with E-state index in [0.717, 1.165) is 34.2 Å². The molecule has 28 heavy (non-hydrogen) atoms. The minimum Gasteiger partial charge on any atom is -0.497 e. The summed E-state index contributed by atoms with van der Waals surface area (Å²) in [4.78, 5) is 26.6. The number of hydrogen-bond donors (Lipinski definition) is 1. The Balaban J connectivity index is 1.70. The van der Waals surface area contributed by atoms with Crippen LogP contribution < -0.4 is 10.1 Å². The molecule has 1 N–H and O–H groups in total. The van der Waals surface area contributed by atoms with Crippen LogP contribution in [0.3, 0.4) is 0 Å². The maximum Gasteiger partial charge on any atom is 0.254 e. The van der Waals surface area contributed by atoms with E-state index in [1.807, 2.05) is 61.5 Å². The van der Waals surface area contributed by atoms with Crippen LogP contribution >= 0.6 is 0 Å². The molecule has 2 amide bonds. The van der Waals surface area contributed by atoms with Gasteiger partial charge < -0.3 is 15.0 Å². The van der Waals surface area contributed by atoms with Crippen LogP contribution in [0, 0.1) is 0 Å². The summed E-state index contributed by atoms with van der Waals surface area (Å²) < 4.78 is 5.23. The van der Waals surface area contributed by atoms with Gasteiger partial charge in [-0.05, 0) is 53.1 Å². The molecule has 0 fully saturated rings. The Morgan fingerprint density at radius 2 is 1.71 bits per heavy atom. The summed E-state index contributed by atoms with van der Waals surface area (Å²) in [6.07, 6.45) is 0.826. The van der Waals surface area contributed by atoms with Crippen molar-refractivity contribution in [2.24, 2.45) is 0 Å². The molecular weight excluding hydrogens is 352 g/mol. The van der Waals surface area contributed by atoms with Gasteiger partial charge in [0.05, 0.1) is 13.7 Å². The first kappa shape index (κ1) is 19.4. The molecule has 0 saturated carbocycles. The molecule has 0 atom stereocenters. The van der Waals surface area contributed by atoms with Crippen molar-refractivity contribution in [2.45, 2.75) is 13.3 Å². The lowest BCUT2D eigenvalue weighted by Gasteiger charge is -2.18. The Morgan fingerprint density at radius 3 is 2.46 bits per heavy atom. The Morgan fingerprint density at radius 1 is 1.00 bits per heavy atom. The Labute approximate surface area is 164 Å². The number of likely N-dealkylation sites (N-methyl/N-ethyl adjacent to an activating group) is 1. The Bertz CT molecular complexity index is 1010. The van der Waals surface area contributed by atoms with Crippen LogP contribution in [0.5, 0.6) is 5.75 Å². The molecule has 0 aliphatic rings. The smallest absolute Gasteiger partial charge is 0.254 e. The molecule has 3 rings (SSSR count). The van der Waals surface area contributed by atoms with Gasteiger partial charge in [0, 0.05) is 18.3 Å². The van der Waals surface area contributed by atoms with E-state index in [0.29, 0.717) is 5.56 Å². The highest BCUT2D eigenvalue weighted by Gasteiger charge is 2.16. The summed E-state index contributed by atoms with van der Waals surface area (Å²) in [5.74, 6) is 0.353. The zero-order valence-corrected chi connectivity index (χ0v) is 16.4. The number of hydrogen-bond acceptors (Lipinski definition) is 3. The molecule has 0 bridgehead atoms. The molecular formula is C23H24N2O3. The second kappa shape index (κ2) is 8.57. The van der Waals surface area contributed by atoms with Crippen molar-refractivity contribution < 1.29 is 14.3 Å². The molecule has 0 aliphatic heterocycles. The van der Waals surface area contributed by atoms with Crippen molar-refractivity contribution in [1.29, 1.82) is 0 Å². The lowest BCUT2D eigenvalue weighted by Crippen LogP contribution is -2.35. The van der Waals surface area contributed by atoms with Crippen LogP contribution in [-0.2, 0) is 11.2 Å². The largest absolute Gasteiger partial charge is 0.497 e. The molecule has 5 heteroatoms. The van der Waals surface area contributed by atoms with E-state index in [9.17, 15) is 9.59 Å². The third-order valence-electron chi connectivity index (χ3n) is 4.69. The topological polar surface area (TPSA) is 58.6 Å². The summed E-state index contributed by atoms with van der Waals surface area (Å²) in [6.45, 7) is 2.02. The van der Waals surface area contributed by atoms with Crippen molar-refractivity contribution in [1.82, 2.24) is 4.90 Å². The zero-order valence-electron chi connectivity index (χ0n) is 16.4. The lowest BCUT2D eigenvalue weighted by molar-refractivity contribution is -0.116. The number of fused-ring (bicyclic) bond motifs is 1. The average molecular weight is 376 g/mol. The molecule has 0 spiro atoms. The quantitative estimate of drug-likeness (QED) is 0.704. The molecule has 0 radical (unpaired) electrons. The number of carbonyl (C=O) groups is 2. The minimum atomic E-state index is -0.220. The maximum absolute atomic E-state index is 12.7. The van der Waals surface area contributed by atoms with Crippen molar-refractivity contribution in [3.63, 3.8) is 0 Å². The molecule has 0 aromatic heterocycles. The lowest BCUT2D eigenvalue weighted by atomic mass is 10.1. The van der Waals surface area contributed by atoms with Crippen LogP contribution in [0.4, 0.5) is 5.69 Å². The first-order valence-electron chi connectivity index (χ1n) is 9.23. The summed E-state index contributed by atoms with van der Waals surface area (Å²) in [5, 5.41) is 4.83. The van der Waals surface area contributed by atoms with Crippen LogP contribution in [0.2, 0.25) is 0 Å². The van der Waals surface area contributed by atoms with Gasteiger partial charge in [0.2, 0.25) is 5.91 Å². The standard InChI is InChI=1S/C23H24N2O3/c1-4-16-7-5-6-8-21(16)24-22(26)15-25(2)23(27)19-10-9-18-14-20(28-3)12-11-17(18)13-19/h5-14H,4,15H2,1-3H3,(H,24,26). The first-order valence-corrected chi connectivity index (χ1v) is 9.23. The van der Waals surface area contributed by atoms with Crippen LogP contribution in [0.25, 0.3) is 10.8 Å². The van der Waals surface area contributed by atoms with E-state index in [-0.39, 0.29) is 18.4 Å². The highest BCUT2D eigenvalue weighted by Crippen LogP contribution is 2.22. The molecule has 0 unspecified atom stereocenters. The molecule has 3 aromatic rings. The van der Waals surface area contributed by atoms with E-state index < -0.39 is 0 Å². The van der Waals surface area contributed by atoms with Gasteiger partial charge in [0.1, 0.15) is 5.75 Å². The minimum absolute atomic E-state index is 0.0163. The fourth-order valence-electron chi connectivity index (χ4n) is 3.13. The van der Waals surface area contributed by atoms with Gasteiger partial charge in [-0.15, -0.1) is 0 Å². The molecule has 0 aliphatic carbocycles. The first-order chi connectivity index (χ1) is 13.5. The predicted octanol–water partition coefficient (Wildman–Crippen LogP) is 4.12. The van der Waals surface area contributed by atoms with Crippen LogP contribution in [0.15, 0.2) is 60.7 Å². The number of rotatable bonds is 6. The average Bonchev–Trinajstić information content (AvgIpc) is 2.72. The number of para-hydroxylation sites is 1. The van der Waals surface area contributed by atoms with Gasteiger partial charge >= 0.3 is 0 Å². The Kier molecular flexibility index (Phi) is 5.94. The number of nitrogens with one attached hydrogen (secondary N) is 1. The highest BCUT2D eigenvalue weighted by molar-refractivity contribution is 6.01. The fourth-order valence-corrected chi connectivity index (χ4v) is 3.13. The molecule has 0 heterocycles. The van der Waals surface area contributed by atoms with Gasteiger partial charge in [-0.25, -0.2) is 0 Å². The summed E-state index contributed by atoms with van der Waals surface area (Å²) in [5.41, 5.74) is 2.40. The van der Waals surface area contributed by atoms with Crippen LogP contribution in [-0.4, -0.2) is 37.4 Å². The third kappa shape index (κ3) is 4.31. The molecule has 144 valence electrons. The number of nitrogens with zero attached hydrogens (tertiary/aromatic N) is 1. The molecule has 5 nitrogen and oxygen atoms in total. The number of methoxy groups -OCH3 is 1. The van der Waals surface area contributed by atoms with E-state index >= 15 is 0 Å². The highest BCUT2D eigenvalue weighted by atomic mass is 16.5. The zero-order chi connectivity index (χ0) is 20.1. The number of anilines is 1. The number of ether oxygens (including phenoxy) is 1. The van der Waals surface area contributed by atoms with Crippen molar-refractivity contribution in [3.8, 4) is 5.75 Å².